The smallest absolute Gasteiger partial charge is 0.322 e. The molecule has 2 aromatic heterocycles. The summed E-state index contributed by atoms with van der Waals surface area (Å²) in [5, 5.41) is 17.6. The second-order valence-electron chi connectivity index (χ2n) is 4.37. The number of hydrogen-bond donors (Lipinski definition) is 3. The number of aromatic amines is 1. The Morgan fingerprint density at radius 2 is 2.10 bits per heavy atom. The highest BCUT2D eigenvalue weighted by Crippen LogP contribution is 2.14. The molecule has 0 saturated heterocycles. The minimum absolute atomic E-state index is 0.160. The molecule has 3 N–H and O–H groups in total. The van der Waals surface area contributed by atoms with E-state index in [9.17, 15) is 14.4 Å². The summed E-state index contributed by atoms with van der Waals surface area (Å²) in [5.74, 6) is -1.94. The van der Waals surface area contributed by atoms with Gasteiger partial charge in [-0.05, 0) is 12.1 Å². The van der Waals surface area contributed by atoms with E-state index in [-0.39, 0.29) is 11.2 Å². The van der Waals surface area contributed by atoms with Gasteiger partial charge in [0, 0.05) is 5.39 Å². The zero-order valence-electron chi connectivity index (χ0n) is 10.7. The minimum atomic E-state index is -1.19. The van der Waals surface area contributed by atoms with E-state index in [0.29, 0.717) is 10.9 Å². The number of carboxylic acids is 1. The van der Waals surface area contributed by atoms with E-state index in [4.69, 9.17) is 5.11 Å². The largest absolute Gasteiger partial charge is 0.480 e. The maximum Gasteiger partial charge on any atom is 0.322 e. The summed E-state index contributed by atoms with van der Waals surface area (Å²) < 4.78 is 1.58. The topological polar surface area (TPSA) is 117 Å². The Morgan fingerprint density at radius 1 is 1.33 bits per heavy atom. The Hall–Kier alpha value is -3.16. The van der Waals surface area contributed by atoms with Gasteiger partial charge in [0.25, 0.3) is 5.91 Å². The second kappa shape index (κ2) is 4.75. The van der Waals surface area contributed by atoms with Crippen molar-refractivity contribution < 1.29 is 14.7 Å². The maximum absolute atomic E-state index is 12.5. The molecule has 0 fully saturated rings. The van der Waals surface area contributed by atoms with Crippen molar-refractivity contribution in [3.8, 4) is 0 Å². The number of benzene rings is 1. The van der Waals surface area contributed by atoms with Crippen molar-refractivity contribution in [2.75, 3.05) is 6.54 Å². The summed E-state index contributed by atoms with van der Waals surface area (Å²) in [4.78, 5) is 35.1. The van der Waals surface area contributed by atoms with Gasteiger partial charge in [0.1, 0.15) is 24.1 Å². The summed E-state index contributed by atoms with van der Waals surface area (Å²) in [7, 11) is 0. The number of pyridine rings is 1. The molecule has 0 radical (unpaired) electrons. The van der Waals surface area contributed by atoms with Gasteiger partial charge in [-0.1, -0.05) is 12.1 Å². The molecule has 0 bridgehead atoms. The molecule has 0 spiro atoms. The number of carbonyl (C=O) groups is 2. The molecule has 1 amide bonds. The van der Waals surface area contributed by atoms with Crippen molar-refractivity contribution in [2.24, 2.45) is 0 Å². The van der Waals surface area contributed by atoms with Gasteiger partial charge in [0.15, 0.2) is 0 Å². The number of carbonyl (C=O) groups excluding carboxylic acids is 1. The summed E-state index contributed by atoms with van der Waals surface area (Å²) in [5.41, 5.74) is 0.202. The lowest BCUT2D eigenvalue weighted by molar-refractivity contribution is -0.135. The zero-order chi connectivity index (χ0) is 15.0. The van der Waals surface area contributed by atoms with Gasteiger partial charge < -0.3 is 10.4 Å². The number of nitrogens with one attached hydrogen (secondary N) is 2. The second-order valence-corrected chi connectivity index (χ2v) is 4.37. The minimum Gasteiger partial charge on any atom is -0.480 e. The molecule has 106 valence electrons. The molecule has 3 rings (SSSR count). The molecule has 8 nitrogen and oxygen atoms in total. The molecule has 0 unspecified atom stereocenters. The van der Waals surface area contributed by atoms with E-state index in [0.717, 1.165) is 0 Å². The van der Waals surface area contributed by atoms with Crippen molar-refractivity contribution in [3.63, 3.8) is 0 Å². The lowest BCUT2D eigenvalue weighted by atomic mass is 10.1. The van der Waals surface area contributed by atoms with Crippen LogP contribution >= 0.6 is 0 Å². The van der Waals surface area contributed by atoms with Gasteiger partial charge in [-0.25, -0.2) is 0 Å². The van der Waals surface area contributed by atoms with Crippen LogP contribution in [-0.4, -0.2) is 38.1 Å². The fraction of sp³-hybridized carbons (Fsp3) is 0.0769. The zero-order valence-corrected chi connectivity index (χ0v) is 10.7. The van der Waals surface area contributed by atoms with Crippen LogP contribution in [0, 0.1) is 0 Å². The maximum atomic E-state index is 12.5. The molecular formula is C13H10N4O4. The average Bonchev–Trinajstić information content (AvgIpc) is 2.94. The molecule has 0 aliphatic carbocycles. The van der Waals surface area contributed by atoms with Crippen LogP contribution in [0.2, 0.25) is 0 Å². The molecule has 0 aliphatic rings. The Bertz CT molecular complexity index is 925. The average molecular weight is 286 g/mol. The van der Waals surface area contributed by atoms with E-state index < -0.39 is 23.9 Å². The normalized spacial score (nSPS) is 10.9. The van der Waals surface area contributed by atoms with E-state index in [1.165, 1.54) is 6.33 Å². The summed E-state index contributed by atoms with van der Waals surface area (Å²) in [6.07, 6.45) is 1.45. The van der Waals surface area contributed by atoms with E-state index in [1.54, 1.807) is 28.7 Å². The number of aliphatic carboxylic acids is 1. The van der Waals surface area contributed by atoms with Crippen LogP contribution in [0.3, 0.4) is 0 Å². The highest BCUT2D eigenvalue weighted by Gasteiger charge is 2.19. The van der Waals surface area contributed by atoms with Crippen molar-refractivity contribution in [1.29, 1.82) is 0 Å². The third-order valence-corrected chi connectivity index (χ3v) is 3.08. The molecule has 2 heterocycles. The Labute approximate surface area is 117 Å². The van der Waals surface area contributed by atoms with Crippen LogP contribution < -0.4 is 10.7 Å². The number of hydrogen-bond acceptors (Lipinski definition) is 4. The Morgan fingerprint density at radius 3 is 2.86 bits per heavy atom. The highest BCUT2D eigenvalue weighted by atomic mass is 16.4. The third kappa shape index (κ3) is 2.02. The molecule has 0 aliphatic heterocycles. The van der Waals surface area contributed by atoms with Gasteiger partial charge in [-0.3, -0.25) is 23.9 Å². The number of para-hydroxylation sites is 1. The van der Waals surface area contributed by atoms with Crippen LogP contribution in [0.5, 0.6) is 0 Å². The number of H-pyrrole nitrogens is 1. The third-order valence-electron chi connectivity index (χ3n) is 3.08. The summed E-state index contributed by atoms with van der Waals surface area (Å²) >= 11 is 0. The molecule has 1 aromatic carbocycles. The van der Waals surface area contributed by atoms with Crippen LogP contribution in [-0.2, 0) is 4.79 Å². The first-order valence-corrected chi connectivity index (χ1v) is 6.06. The lowest BCUT2D eigenvalue weighted by Gasteiger charge is -2.06. The van der Waals surface area contributed by atoms with Crippen molar-refractivity contribution in [2.45, 2.75) is 0 Å². The van der Waals surface area contributed by atoms with Gasteiger partial charge >= 0.3 is 5.97 Å². The van der Waals surface area contributed by atoms with Gasteiger partial charge in [0.05, 0.1) is 5.52 Å². The first kappa shape index (κ1) is 12.9. The molecule has 0 saturated carbocycles. The number of aromatic nitrogens is 3. The fourth-order valence-electron chi connectivity index (χ4n) is 2.19. The number of fused-ring (bicyclic) bond motifs is 3. The van der Waals surface area contributed by atoms with Gasteiger partial charge in [-0.2, -0.15) is 5.10 Å². The van der Waals surface area contributed by atoms with Crippen LogP contribution in [0.4, 0.5) is 0 Å². The predicted molar refractivity (Wildman–Crippen MR) is 73.3 cm³/mol. The molecular weight excluding hydrogens is 276 g/mol. The number of rotatable bonds is 3. The van der Waals surface area contributed by atoms with Crippen molar-refractivity contribution in [3.05, 3.63) is 46.4 Å². The standard InChI is InChI=1S/C13H10N4O4/c18-9(19)5-14-13(21)10-11(20)7-3-1-2-4-8(7)17-6-15-16-12(10)17/h1-4,6,16H,5H2,(H,14,21)(H,18,19). The SMILES string of the molecule is O=C(O)CNC(=O)c1c(=O)c2ccccc2n2cn[nH]c12. The van der Waals surface area contributed by atoms with E-state index >= 15 is 0 Å². The van der Waals surface area contributed by atoms with E-state index in [2.05, 4.69) is 15.5 Å². The summed E-state index contributed by atoms with van der Waals surface area (Å²) in [6, 6.07) is 6.80. The van der Waals surface area contributed by atoms with Crippen molar-refractivity contribution in [1.82, 2.24) is 19.9 Å². The van der Waals surface area contributed by atoms with Gasteiger partial charge in [-0.15, -0.1) is 0 Å². The fourth-order valence-corrected chi connectivity index (χ4v) is 2.19. The van der Waals surface area contributed by atoms with E-state index in [1.807, 2.05) is 0 Å². The van der Waals surface area contributed by atoms with Crippen molar-refractivity contribution >= 4 is 28.4 Å². The first-order chi connectivity index (χ1) is 10.1. The van der Waals surface area contributed by atoms with Crippen LogP contribution in [0.1, 0.15) is 10.4 Å². The van der Waals surface area contributed by atoms with Crippen LogP contribution in [0.15, 0.2) is 35.4 Å². The molecule has 0 atom stereocenters. The highest BCUT2D eigenvalue weighted by molar-refractivity contribution is 6.04. The summed E-state index contributed by atoms with van der Waals surface area (Å²) in [6.45, 7) is -0.564. The first-order valence-electron chi connectivity index (χ1n) is 6.06. The Balaban J connectivity index is 2.27. The lowest BCUT2D eigenvalue weighted by Crippen LogP contribution is -2.33. The number of nitrogens with zero attached hydrogens (tertiary/aromatic N) is 2. The van der Waals surface area contributed by atoms with Gasteiger partial charge in [0.2, 0.25) is 5.43 Å². The Kier molecular flexibility index (Phi) is 2.90. The van der Waals surface area contributed by atoms with Crippen LogP contribution in [0.25, 0.3) is 16.6 Å². The number of amides is 1. The molecule has 8 heteroatoms. The predicted octanol–water partition coefficient (Wildman–Crippen LogP) is -0.00980. The monoisotopic (exact) mass is 286 g/mol. The molecule has 3 aromatic rings. The quantitative estimate of drug-likeness (QED) is 0.626. The number of carboxylic acid groups (broad SMARTS) is 1. The molecule has 21 heavy (non-hydrogen) atoms.